The lowest BCUT2D eigenvalue weighted by Gasteiger charge is -2.61. The number of fused-ring (bicyclic) bond motifs is 6. The third kappa shape index (κ3) is 10.3. The summed E-state index contributed by atoms with van der Waals surface area (Å²) >= 11 is 0. The molecule has 0 spiro atoms. The molecular weight excluding hydrogens is 695 g/mol. The van der Waals surface area contributed by atoms with Gasteiger partial charge in [-0.25, -0.2) is 0 Å². The molecule has 6 heteroatoms. The number of carbonyl (C=O) groups is 3. The van der Waals surface area contributed by atoms with Crippen LogP contribution in [-0.2, 0) is 30.5 Å². The van der Waals surface area contributed by atoms with Crippen LogP contribution in [0.15, 0.2) is 54.6 Å². The Labute approximate surface area is 338 Å². The molecule has 2 aromatic rings. The molecule has 56 heavy (non-hydrogen) atoms. The van der Waals surface area contributed by atoms with Crippen LogP contribution in [0.3, 0.4) is 0 Å². The van der Waals surface area contributed by atoms with E-state index in [-0.39, 0.29) is 23.9 Å². The van der Waals surface area contributed by atoms with E-state index in [1.165, 1.54) is 81.4 Å². The largest absolute Gasteiger partial charge is 0.462 e. The van der Waals surface area contributed by atoms with E-state index < -0.39 is 0 Å². The van der Waals surface area contributed by atoms with Gasteiger partial charge in [0, 0.05) is 25.0 Å². The minimum absolute atomic E-state index is 0.0156. The Kier molecular flexibility index (Phi) is 14.8. The van der Waals surface area contributed by atoms with Gasteiger partial charge in [0.05, 0.1) is 0 Å². The van der Waals surface area contributed by atoms with Gasteiger partial charge in [-0.2, -0.15) is 0 Å². The highest BCUT2D eigenvalue weighted by Gasteiger charge is 2.60. The summed E-state index contributed by atoms with van der Waals surface area (Å²) < 4.78 is 11.9. The van der Waals surface area contributed by atoms with E-state index in [4.69, 9.17) is 9.47 Å². The minimum Gasteiger partial charge on any atom is -0.462 e. The van der Waals surface area contributed by atoms with Crippen LogP contribution in [-0.4, -0.2) is 30.5 Å². The number of amides is 1. The van der Waals surface area contributed by atoms with Crippen LogP contribution in [0.2, 0.25) is 0 Å². The highest BCUT2D eigenvalue weighted by atomic mass is 16.5. The van der Waals surface area contributed by atoms with E-state index in [0.717, 1.165) is 74.8 Å². The predicted molar refractivity (Wildman–Crippen MR) is 227 cm³/mol. The molecule has 0 aromatic heterocycles. The number of carbonyl (C=O) groups excluding carboxylic acids is 3. The van der Waals surface area contributed by atoms with Crippen molar-refractivity contribution in [2.75, 3.05) is 6.54 Å². The zero-order valence-electron chi connectivity index (χ0n) is 35.4. The Morgan fingerprint density at radius 3 is 2.25 bits per heavy atom. The molecule has 0 saturated heterocycles. The van der Waals surface area contributed by atoms with Crippen molar-refractivity contribution in [2.24, 2.45) is 46.3 Å². The summed E-state index contributed by atoms with van der Waals surface area (Å²) in [6.45, 7) is 14.1. The molecule has 6 nitrogen and oxygen atoms in total. The quantitative estimate of drug-likeness (QED) is 0.0874. The summed E-state index contributed by atoms with van der Waals surface area (Å²) in [6, 6.07) is 14.6. The van der Waals surface area contributed by atoms with Crippen LogP contribution < -0.4 is 5.32 Å². The SMILES string of the molecule is C=C(C)C(=O)NCCCCCCCCCCC(=O)OC1CC[C@@]2(C)C(CC[C@H]3[C@@H]4CC[C@H]([C@H](C)CCC(=O)OCc5ccc6ccccc6c5)[C@@]4(C)CC[C@@H]32)C1. The van der Waals surface area contributed by atoms with Gasteiger partial charge in [0.15, 0.2) is 0 Å². The summed E-state index contributed by atoms with van der Waals surface area (Å²) in [4.78, 5) is 37.3. The highest BCUT2D eigenvalue weighted by molar-refractivity contribution is 5.92. The second kappa shape index (κ2) is 19.5. The molecule has 308 valence electrons. The topological polar surface area (TPSA) is 81.7 Å². The average Bonchev–Trinajstić information content (AvgIpc) is 3.55. The molecule has 1 N–H and O–H groups in total. The minimum atomic E-state index is -0.0702. The number of unbranched alkanes of at least 4 members (excludes halogenated alkanes) is 7. The summed E-state index contributed by atoms with van der Waals surface area (Å²) in [5.41, 5.74) is 2.35. The molecule has 4 aliphatic carbocycles. The van der Waals surface area contributed by atoms with Gasteiger partial charge in [0.2, 0.25) is 5.91 Å². The van der Waals surface area contributed by atoms with Gasteiger partial charge in [0.1, 0.15) is 12.7 Å². The van der Waals surface area contributed by atoms with Crippen molar-refractivity contribution in [2.45, 2.75) is 169 Å². The van der Waals surface area contributed by atoms with Crippen molar-refractivity contribution in [3.8, 4) is 0 Å². The normalized spacial score (nSPS) is 30.1. The van der Waals surface area contributed by atoms with Crippen LogP contribution in [0.4, 0.5) is 0 Å². The van der Waals surface area contributed by atoms with Crippen molar-refractivity contribution in [3.05, 3.63) is 60.2 Å². The number of rotatable bonds is 19. The fourth-order valence-corrected chi connectivity index (χ4v) is 12.5. The van der Waals surface area contributed by atoms with Crippen molar-refractivity contribution in [1.82, 2.24) is 5.32 Å². The molecule has 4 fully saturated rings. The van der Waals surface area contributed by atoms with Gasteiger partial charge in [-0.1, -0.05) is 102 Å². The van der Waals surface area contributed by atoms with E-state index in [1.807, 2.05) is 12.1 Å². The lowest BCUT2D eigenvalue weighted by atomic mass is 9.44. The Morgan fingerprint density at radius 2 is 1.48 bits per heavy atom. The Balaban J connectivity index is 0.872. The lowest BCUT2D eigenvalue weighted by molar-refractivity contribution is -0.162. The Hall–Kier alpha value is -3.15. The van der Waals surface area contributed by atoms with Gasteiger partial charge in [-0.3, -0.25) is 14.4 Å². The second-order valence-corrected chi connectivity index (χ2v) is 19.2. The molecule has 4 aliphatic rings. The van der Waals surface area contributed by atoms with Crippen molar-refractivity contribution in [3.63, 3.8) is 0 Å². The maximum absolute atomic E-state index is 12.9. The fraction of sp³-hybridized carbons (Fsp3) is 0.700. The molecule has 0 radical (unpaired) electrons. The van der Waals surface area contributed by atoms with E-state index in [1.54, 1.807) is 6.92 Å². The predicted octanol–water partition coefficient (Wildman–Crippen LogP) is 12.1. The van der Waals surface area contributed by atoms with E-state index in [0.29, 0.717) is 53.6 Å². The third-order valence-electron chi connectivity index (χ3n) is 15.7. The number of hydrogen-bond donors (Lipinski definition) is 1. The molecule has 0 bridgehead atoms. The van der Waals surface area contributed by atoms with Crippen molar-refractivity contribution in [1.29, 1.82) is 0 Å². The summed E-state index contributed by atoms with van der Waals surface area (Å²) in [5, 5.41) is 5.29. The molecule has 9 atom stereocenters. The summed E-state index contributed by atoms with van der Waals surface area (Å²) in [7, 11) is 0. The van der Waals surface area contributed by atoms with E-state index in [2.05, 4.69) is 63.0 Å². The number of esters is 2. The first-order valence-corrected chi connectivity index (χ1v) is 22.7. The van der Waals surface area contributed by atoms with Crippen molar-refractivity contribution >= 4 is 28.6 Å². The second-order valence-electron chi connectivity index (χ2n) is 19.2. The number of benzene rings is 2. The standard InChI is InChI=1S/C50H73NO5/c1-35(2)48(54)51-31-15-11-9-7-6-8-10-12-18-47(53)56-41-27-29-49(4)40(33-41)22-23-42-44-25-24-43(50(44,5)30-28-45(42)49)36(3)19-26-46(52)55-34-37-20-21-38-16-13-14-17-39(38)32-37/h13-14,16-17,20-21,32,36,40-45H,1,6-12,15,18-19,22-31,33-34H2,2-5H3,(H,51,54)/t36-,40?,41?,42+,43-,44+,45+,49+,50-/m1/s1. The van der Waals surface area contributed by atoms with Crippen LogP contribution in [0.25, 0.3) is 10.8 Å². The first-order chi connectivity index (χ1) is 27.0. The number of hydrogen-bond acceptors (Lipinski definition) is 5. The monoisotopic (exact) mass is 768 g/mol. The molecule has 0 aliphatic heterocycles. The molecule has 4 saturated carbocycles. The first-order valence-electron chi connectivity index (χ1n) is 22.7. The fourth-order valence-electron chi connectivity index (χ4n) is 12.5. The van der Waals surface area contributed by atoms with Gasteiger partial charge in [-0.05, 0) is 153 Å². The zero-order valence-corrected chi connectivity index (χ0v) is 35.4. The van der Waals surface area contributed by atoms with Gasteiger partial charge >= 0.3 is 11.9 Å². The smallest absolute Gasteiger partial charge is 0.306 e. The molecular formula is C50H73NO5. The van der Waals surface area contributed by atoms with Crippen LogP contribution in [0.5, 0.6) is 0 Å². The average molecular weight is 768 g/mol. The highest BCUT2D eigenvalue weighted by Crippen LogP contribution is 2.68. The maximum Gasteiger partial charge on any atom is 0.306 e. The van der Waals surface area contributed by atoms with Crippen molar-refractivity contribution < 1.29 is 23.9 Å². The summed E-state index contributed by atoms with van der Waals surface area (Å²) in [6.07, 6.45) is 22.2. The number of ether oxygens (including phenoxy) is 2. The Bertz CT molecular complexity index is 1650. The number of nitrogens with one attached hydrogen (secondary N) is 1. The first kappa shape index (κ1) is 42.5. The summed E-state index contributed by atoms with van der Waals surface area (Å²) in [5.74, 6) is 4.17. The molecule has 6 rings (SSSR count). The van der Waals surface area contributed by atoms with Gasteiger partial charge < -0.3 is 14.8 Å². The van der Waals surface area contributed by atoms with Gasteiger partial charge in [-0.15, -0.1) is 0 Å². The van der Waals surface area contributed by atoms with Crippen LogP contribution in [0.1, 0.15) is 162 Å². The van der Waals surface area contributed by atoms with Crippen LogP contribution >= 0.6 is 0 Å². The molecule has 2 unspecified atom stereocenters. The maximum atomic E-state index is 12.9. The van der Waals surface area contributed by atoms with E-state index in [9.17, 15) is 14.4 Å². The molecule has 2 aromatic carbocycles. The molecule has 1 amide bonds. The zero-order chi connectivity index (χ0) is 39.7. The third-order valence-corrected chi connectivity index (χ3v) is 15.7. The van der Waals surface area contributed by atoms with Crippen LogP contribution in [0, 0.1) is 46.3 Å². The van der Waals surface area contributed by atoms with E-state index >= 15 is 0 Å². The van der Waals surface area contributed by atoms with Gasteiger partial charge in [0.25, 0.3) is 0 Å². The Morgan fingerprint density at radius 1 is 0.786 bits per heavy atom. The molecule has 0 heterocycles. The lowest BCUT2D eigenvalue weighted by Crippen LogP contribution is -2.54.